The van der Waals surface area contributed by atoms with Gasteiger partial charge in [0.2, 0.25) is 5.88 Å². The van der Waals surface area contributed by atoms with Crippen LogP contribution in [0.5, 0.6) is 5.88 Å². The minimum Gasteiger partial charge on any atom is -0.475 e. The smallest absolute Gasteiger partial charge is 0.232 e. The Morgan fingerprint density at radius 2 is 2.14 bits per heavy atom. The van der Waals surface area contributed by atoms with Gasteiger partial charge in [0.05, 0.1) is 0 Å². The molecule has 0 aliphatic carbocycles. The Hall–Kier alpha value is -0.840. The lowest BCUT2D eigenvalue weighted by Crippen LogP contribution is -2.25. The zero-order valence-corrected chi connectivity index (χ0v) is 13.8. The van der Waals surface area contributed by atoms with Gasteiger partial charge in [-0.25, -0.2) is 4.98 Å². The van der Waals surface area contributed by atoms with Crippen LogP contribution in [-0.4, -0.2) is 42.7 Å². The standard InChI is InChI=1S/C16H26ClN3O/c1-13(2)10-18-11-14-9-15(17)16(19-12-14)21-8-7-20-5-3-4-6-20/h9,12-13,18H,3-8,10-11H2,1-2H3. The van der Waals surface area contributed by atoms with Gasteiger partial charge in [-0.15, -0.1) is 0 Å². The molecule has 118 valence electrons. The average Bonchev–Trinajstić information content (AvgIpc) is 2.94. The molecule has 4 nitrogen and oxygen atoms in total. The average molecular weight is 312 g/mol. The molecule has 0 bridgehead atoms. The number of nitrogens with one attached hydrogen (secondary N) is 1. The van der Waals surface area contributed by atoms with E-state index in [0.29, 0.717) is 23.4 Å². The Kier molecular flexibility index (Phi) is 6.74. The van der Waals surface area contributed by atoms with Crippen LogP contribution in [0.2, 0.25) is 5.02 Å². The van der Waals surface area contributed by atoms with Crippen LogP contribution in [0.1, 0.15) is 32.3 Å². The van der Waals surface area contributed by atoms with E-state index < -0.39 is 0 Å². The maximum atomic E-state index is 6.24. The zero-order chi connectivity index (χ0) is 15.1. The van der Waals surface area contributed by atoms with E-state index in [2.05, 4.69) is 29.0 Å². The van der Waals surface area contributed by atoms with Crippen LogP contribution in [0.4, 0.5) is 0 Å². The topological polar surface area (TPSA) is 37.4 Å². The molecule has 0 amide bonds. The van der Waals surface area contributed by atoms with Gasteiger partial charge in [0, 0.05) is 19.3 Å². The first-order valence-electron chi connectivity index (χ1n) is 7.85. The molecule has 1 aliphatic rings. The molecule has 0 aromatic carbocycles. The van der Waals surface area contributed by atoms with Crippen molar-refractivity contribution < 1.29 is 4.74 Å². The van der Waals surface area contributed by atoms with Gasteiger partial charge in [-0.05, 0) is 50.0 Å². The summed E-state index contributed by atoms with van der Waals surface area (Å²) in [6.45, 7) is 10.1. The highest BCUT2D eigenvalue weighted by Crippen LogP contribution is 2.22. The Morgan fingerprint density at radius 3 is 2.81 bits per heavy atom. The molecular formula is C16H26ClN3O. The van der Waals surface area contributed by atoms with Crippen molar-refractivity contribution in [3.05, 3.63) is 22.8 Å². The molecule has 1 saturated heterocycles. The molecule has 1 N–H and O–H groups in total. The van der Waals surface area contributed by atoms with E-state index in [9.17, 15) is 0 Å². The van der Waals surface area contributed by atoms with E-state index >= 15 is 0 Å². The number of ether oxygens (including phenoxy) is 1. The Labute approximate surface area is 132 Å². The van der Waals surface area contributed by atoms with E-state index in [1.165, 1.54) is 25.9 Å². The van der Waals surface area contributed by atoms with Crippen LogP contribution < -0.4 is 10.1 Å². The highest BCUT2D eigenvalue weighted by molar-refractivity contribution is 6.31. The normalized spacial score (nSPS) is 15.8. The predicted octanol–water partition coefficient (Wildman–Crippen LogP) is 2.96. The number of halogens is 1. The van der Waals surface area contributed by atoms with E-state index in [4.69, 9.17) is 16.3 Å². The highest BCUT2D eigenvalue weighted by Gasteiger charge is 2.12. The summed E-state index contributed by atoms with van der Waals surface area (Å²) < 4.78 is 5.69. The van der Waals surface area contributed by atoms with Crippen LogP contribution in [0.15, 0.2) is 12.3 Å². The van der Waals surface area contributed by atoms with Crippen LogP contribution in [-0.2, 0) is 6.54 Å². The molecule has 0 unspecified atom stereocenters. The SMILES string of the molecule is CC(C)CNCc1cnc(OCCN2CCCC2)c(Cl)c1. The Bertz CT molecular complexity index is 434. The number of rotatable bonds is 8. The lowest BCUT2D eigenvalue weighted by Gasteiger charge is -2.15. The van der Waals surface area contributed by atoms with Crippen LogP contribution in [0.25, 0.3) is 0 Å². The fraction of sp³-hybridized carbons (Fsp3) is 0.688. The second-order valence-electron chi connectivity index (χ2n) is 6.05. The summed E-state index contributed by atoms with van der Waals surface area (Å²) >= 11 is 6.24. The molecule has 1 aromatic heterocycles. The third-order valence-corrected chi connectivity index (χ3v) is 3.86. The van der Waals surface area contributed by atoms with Crippen molar-refractivity contribution in [1.82, 2.24) is 15.2 Å². The Morgan fingerprint density at radius 1 is 1.38 bits per heavy atom. The summed E-state index contributed by atoms with van der Waals surface area (Å²) in [5.41, 5.74) is 1.09. The third kappa shape index (κ3) is 5.81. The van der Waals surface area contributed by atoms with Crippen molar-refractivity contribution >= 4 is 11.6 Å². The molecule has 1 aromatic rings. The van der Waals surface area contributed by atoms with Gasteiger partial charge >= 0.3 is 0 Å². The van der Waals surface area contributed by atoms with E-state index in [1.807, 2.05) is 12.3 Å². The van der Waals surface area contributed by atoms with Gasteiger partial charge in [-0.3, -0.25) is 4.90 Å². The number of hydrogen-bond acceptors (Lipinski definition) is 4. The number of hydrogen-bond donors (Lipinski definition) is 1. The van der Waals surface area contributed by atoms with Gasteiger partial charge in [0.1, 0.15) is 11.6 Å². The molecule has 0 spiro atoms. The largest absolute Gasteiger partial charge is 0.475 e. The summed E-state index contributed by atoms with van der Waals surface area (Å²) in [4.78, 5) is 6.74. The summed E-state index contributed by atoms with van der Waals surface area (Å²) in [7, 11) is 0. The summed E-state index contributed by atoms with van der Waals surface area (Å²) in [5, 5.41) is 3.98. The number of nitrogens with zero attached hydrogens (tertiary/aromatic N) is 2. The van der Waals surface area contributed by atoms with Gasteiger partial charge in [0.15, 0.2) is 0 Å². The van der Waals surface area contributed by atoms with Gasteiger partial charge in [-0.1, -0.05) is 25.4 Å². The first kappa shape index (κ1) is 16.5. The molecular weight excluding hydrogens is 286 g/mol. The number of pyridine rings is 1. The lowest BCUT2D eigenvalue weighted by atomic mass is 10.2. The fourth-order valence-corrected chi connectivity index (χ4v) is 2.69. The molecule has 21 heavy (non-hydrogen) atoms. The summed E-state index contributed by atoms with van der Waals surface area (Å²) in [6.07, 6.45) is 4.44. The van der Waals surface area contributed by atoms with Gasteiger partial charge in [-0.2, -0.15) is 0 Å². The molecule has 0 radical (unpaired) electrons. The maximum Gasteiger partial charge on any atom is 0.232 e. The summed E-state index contributed by atoms with van der Waals surface area (Å²) in [6, 6.07) is 1.94. The van der Waals surface area contributed by atoms with Gasteiger partial charge in [0.25, 0.3) is 0 Å². The van der Waals surface area contributed by atoms with Crippen molar-refractivity contribution in [2.24, 2.45) is 5.92 Å². The first-order chi connectivity index (χ1) is 10.1. The monoisotopic (exact) mass is 311 g/mol. The van der Waals surface area contributed by atoms with Crippen molar-refractivity contribution in [1.29, 1.82) is 0 Å². The highest BCUT2D eigenvalue weighted by atomic mass is 35.5. The van der Waals surface area contributed by atoms with Crippen molar-refractivity contribution in [3.63, 3.8) is 0 Å². The molecule has 1 fully saturated rings. The third-order valence-electron chi connectivity index (χ3n) is 3.59. The van der Waals surface area contributed by atoms with E-state index in [0.717, 1.165) is 25.2 Å². The molecule has 2 rings (SSSR count). The van der Waals surface area contributed by atoms with Gasteiger partial charge < -0.3 is 10.1 Å². The zero-order valence-electron chi connectivity index (χ0n) is 13.1. The molecule has 0 atom stereocenters. The summed E-state index contributed by atoms with van der Waals surface area (Å²) in [5.74, 6) is 1.19. The predicted molar refractivity (Wildman–Crippen MR) is 87.0 cm³/mol. The van der Waals surface area contributed by atoms with Crippen molar-refractivity contribution in [2.45, 2.75) is 33.2 Å². The number of likely N-dealkylation sites (tertiary alicyclic amines) is 1. The maximum absolute atomic E-state index is 6.24. The van der Waals surface area contributed by atoms with E-state index in [1.54, 1.807) is 0 Å². The molecule has 5 heteroatoms. The van der Waals surface area contributed by atoms with Crippen LogP contribution >= 0.6 is 11.6 Å². The first-order valence-corrected chi connectivity index (χ1v) is 8.23. The van der Waals surface area contributed by atoms with Crippen molar-refractivity contribution in [2.75, 3.05) is 32.8 Å². The lowest BCUT2D eigenvalue weighted by molar-refractivity contribution is 0.232. The Balaban J connectivity index is 1.75. The second kappa shape index (κ2) is 8.57. The molecule has 2 heterocycles. The van der Waals surface area contributed by atoms with Crippen LogP contribution in [0, 0.1) is 5.92 Å². The van der Waals surface area contributed by atoms with Crippen LogP contribution in [0.3, 0.4) is 0 Å². The second-order valence-corrected chi connectivity index (χ2v) is 6.46. The minimum absolute atomic E-state index is 0.545. The minimum atomic E-state index is 0.545. The van der Waals surface area contributed by atoms with Crippen molar-refractivity contribution in [3.8, 4) is 5.88 Å². The quantitative estimate of drug-likeness (QED) is 0.801. The number of aromatic nitrogens is 1. The molecule has 1 aliphatic heterocycles. The molecule has 0 saturated carbocycles. The van der Waals surface area contributed by atoms with E-state index in [-0.39, 0.29) is 0 Å². The fourth-order valence-electron chi connectivity index (χ4n) is 2.45.